The van der Waals surface area contributed by atoms with Gasteiger partial charge in [0.15, 0.2) is 11.5 Å². The Morgan fingerprint density at radius 3 is 2.36 bits per heavy atom. The highest BCUT2D eigenvalue weighted by Gasteiger charge is 2.26. The average Bonchev–Trinajstić information content (AvgIpc) is 3.17. The van der Waals surface area contributed by atoms with Crippen molar-refractivity contribution in [2.45, 2.75) is 6.42 Å². The second-order valence-corrected chi connectivity index (χ2v) is 7.50. The summed E-state index contributed by atoms with van der Waals surface area (Å²) < 4.78 is 10.6. The number of benzene rings is 2. The maximum absolute atomic E-state index is 12.7. The first-order valence-electron chi connectivity index (χ1n) is 8.92. The fourth-order valence-corrected chi connectivity index (χ4v) is 3.79. The van der Waals surface area contributed by atoms with Crippen molar-refractivity contribution in [2.75, 3.05) is 33.0 Å². The molecule has 28 heavy (non-hydrogen) atoms. The van der Waals surface area contributed by atoms with E-state index in [0.717, 1.165) is 5.56 Å². The summed E-state index contributed by atoms with van der Waals surface area (Å²) in [6.07, 6.45) is 0.214. The summed E-state index contributed by atoms with van der Waals surface area (Å²) in [4.78, 5) is 28.8. The normalized spacial score (nSPS) is 15.6. The maximum atomic E-state index is 12.7. The van der Waals surface area contributed by atoms with E-state index in [1.807, 2.05) is 0 Å². The molecule has 2 amide bonds. The van der Waals surface area contributed by atoms with Gasteiger partial charge in [-0.15, -0.1) is 0 Å². The lowest BCUT2D eigenvalue weighted by molar-refractivity contribution is -0.131. The van der Waals surface area contributed by atoms with Crippen LogP contribution < -0.4 is 9.47 Å². The Hall–Kier alpha value is -2.44. The van der Waals surface area contributed by atoms with Gasteiger partial charge >= 0.3 is 0 Å². The number of carbonyl (C=O) groups is 2. The molecule has 0 N–H and O–H groups in total. The molecule has 146 valence electrons. The van der Waals surface area contributed by atoms with E-state index in [2.05, 4.69) is 0 Å². The third-order valence-electron chi connectivity index (χ3n) is 4.90. The van der Waals surface area contributed by atoms with Crippen LogP contribution >= 0.6 is 23.2 Å². The molecule has 0 spiro atoms. The molecule has 0 bridgehead atoms. The molecule has 2 aliphatic rings. The molecule has 2 aliphatic heterocycles. The lowest BCUT2D eigenvalue weighted by Gasteiger charge is -2.35. The molecule has 0 aliphatic carbocycles. The monoisotopic (exact) mass is 420 g/mol. The van der Waals surface area contributed by atoms with Crippen LogP contribution in [0.1, 0.15) is 15.9 Å². The standard InChI is InChI=1S/C20H18Cl2N2O4/c21-15-3-1-13(16(22)11-15)10-19(25)23-5-7-24(8-6-23)20(26)14-2-4-17-18(9-14)28-12-27-17/h1-4,9,11H,5-8,10,12H2. The third-order valence-corrected chi connectivity index (χ3v) is 5.48. The maximum Gasteiger partial charge on any atom is 0.254 e. The van der Waals surface area contributed by atoms with Gasteiger partial charge in [-0.1, -0.05) is 29.3 Å². The zero-order valence-electron chi connectivity index (χ0n) is 15.0. The van der Waals surface area contributed by atoms with Crippen LogP contribution in [0, 0.1) is 0 Å². The van der Waals surface area contributed by atoms with Crippen LogP contribution in [0.5, 0.6) is 11.5 Å². The number of amides is 2. The van der Waals surface area contributed by atoms with Gasteiger partial charge in [0.25, 0.3) is 5.91 Å². The summed E-state index contributed by atoms with van der Waals surface area (Å²) in [5, 5.41) is 1.02. The van der Waals surface area contributed by atoms with Crippen LogP contribution in [0.3, 0.4) is 0 Å². The van der Waals surface area contributed by atoms with Crippen molar-refractivity contribution in [3.63, 3.8) is 0 Å². The molecule has 0 saturated carbocycles. The zero-order chi connectivity index (χ0) is 19.7. The van der Waals surface area contributed by atoms with Gasteiger partial charge in [-0.05, 0) is 35.9 Å². The Balaban J connectivity index is 1.35. The largest absolute Gasteiger partial charge is 0.454 e. The van der Waals surface area contributed by atoms with Gasteiger partial charge in [0.2, 0.25) is 12.7 Å². The zero-order valence-corrected chi connectivity index (χ0v) is 16.5. The van der Waals surface area contributed by atoms with Crippen molar-refractivity contribution in [3.05, 3.63) is 57.6 Å². The van der Waals surface area contributed by atoms with E-state index in [-0.39, 0.29) is 25.0 Å². The van der Waals surface area contributed by atoms with Crippen LogP contribution in [0.4, 0.5) is 0 Å². The van der Waals surface area contributed by atoms with Crippen molar-refractivity contribution in [2.24, 2.45) is 0 Å². The first kappa shape index (κ1) is 18.9. The molecule has 0 atom stereocenters. The summed E-state index contributed by atoms with van der Waals surface area (Å²) >= 11 is 12.1. The Bertz CT molecular complexity index is 926. The van der Waals surface area contributed by atoms with E-state index in [1.54, 1.807) is 46.2 Å². The van der Waals surface area contributed by atoms with Crippen LogP contribution in [0.2, 0.25) is 10.0 Å². The lowest BCUT2D eigenvalue weighted by Crippen LogP contribution is -2.51. The van der Waals surface area contributed by atoms with E-state index in [1.165, 1.54) is 0 Å². The van der Waals surface area contributed by atoms with E-state index in [9.17, 15) is 9.59 Å². The molecule has 0 unspecified atom stereocenters. The summed E-state index contributed by atoms with van der Waals surface area (Å²) in [5.74, 6) is 1.14. The lowest BCUT2D eigenvalue weighted by atomic mass is 10.1. The van der Waals surface area contributed by atoms with Gasteiger partial charge in [0, 0.05) is 41.8 Å². The topological polar surface area (TPSA) is 59.1 Å². The number of rotatable bonds is 3. The molecule has 8 heteroatoms. The highest BCUT2D eigenvalue weighted by Crippen LogP contribution is 2.33. The van der Waals surface area contributed by atoms with Gasteiger partial charge in [-0.2, -0.15) is 0 Å². The smallest absolute Gasteiger partial charge is 0.254 e. The molecule has 2 heterocycles. The van der Waals surface area contributed by atoms with Crippen molar-refractivity contribution in [1.29, 1.82) is 0 Å². The van der Waals surface area contributed by atoms with Crippen LogP contribution in [0.25, 0.3) is 0 Å². The molecule has 0 radical (unpaired) electrons. The number of hydrogen-bond donors (Lipinski definition) is 0. The van der Waals surface area contributed by atoms with Crippen LogP contribution in [0.15, 0.2) is 36.4 Å². The van der Waals surface area contributed by atoms with Crippen LogP contribution in [-0.2, 0) is 11.2 Å². The van der Waals surface area contributed by atoms with E-state index < -0.39 is 0 Å². The average molecular weight is 421 g/mol. The Morgan fingerprint density at radius 2 is 1.61 bits per heavy atom. The fraction of sp³-hybridized carbons (Fsp3) is 0.300. The summed E-state index contributed by atoms with van der Waals surface area (Å²) in [6.45, 7) is 2.10. The quantitative estimate of drug-likeness (QED) is 0.764. The molecular weight excluding hydrogens is 403 g/mol. The van der Waals surface area contributed by atoms with E-state index in [0.29, 0.717) is 53.3 Å². The minimum absolute atomic E-state index is 0.0144. The Morgan fingerprint density at radius 1 is 0.893 bits per heavy atom. The number of hydrogen-bond acceptors (Lipinski definition) is 4. The highest BCUT2D eigenvalue weighted by molar-refractivity contribution is 6.35. The van der Waals surface area contributed by atoms with Gasteiger partial charge in [0.05, 0.1) is 6.42 Å². The first-order valence-corrected chi connectivity index (χ1v) is 9.67. The first-order chi connectivity index (χ1) is 13.5. The number of piperazine rings is 1. The molecule has 0 aromatic heterocycles. The molecule has 2 aromatic carbocycles. The van der Waals surface area contributed by atoms with Gasteiger partial charge < -0.3 is 19.3 Å². The van der Waals surface area contributed by atoms with E-state index in [4.69, 9.17) is 32.7 Å². The second kappa shape index (κ2) is 7.89. The number of nitrogens with zero attached hydrogens (tertiary/aromatic N) is 2. The molecule has 1 saturated heterocycles. The van der Waals surface area contributed by atoms with Crippen molar-refractivity contribution in [1.82, 2.24) is 9.80 Å². The minimum atomic E-state index is -0.0776. The van der Waals surface area contributed by atoms with Gasteiger partial charge in [-0.25, -0.2) is 0 Å². The molecule has 6 nitrogen and oxygen atoms in total. The number of fused-ring (bicyclic) bond motifs is 1. The minimum Gasteiger partial charge on any atom is -0.454 e. The van der Waals surface area contributed by atoms with Gasteiger partial charge in [0.1, 0.15) is 0 Å². The predicted molar refractivity (Wildman–Crippen MR) is 105 cm³/mol. The Labute approximate surface area is 172 Å². The molecule has 4 rings (SSSR count). The Kier molecular flexibility index (Phi) is 5.33. The number of ether oxygens (including phenoxy) is 2. The molecular formula is C20H18Cl2N2O4. The molecule has 2 aromatic rings. The summed E-state index contributed by atoms with van der Waals surface area (Å²) in [5.41, 5.74) is 1.30. The van der Waals surface area contributed by atoms with Crippen LogP contribution in [-0.4, -0.2) is 54.6 Å². The van der Waals surface area contributed by atoms with Gasteiger partial charge in [-0.3, -0.25) is 9.59 Å². The van der Waals surface area contributed by atoms with Crippen molar-refractivity contribution < 1.29 is 19.1 Å². The predicted octanol–water partition coefficient (Wildman–Crippen LogP) is 3.25. The summed E-state index contributed by atoms with van der Waals surface area (Å²) in [7, 11) is 0. The van der Waals surface area contributed by atoms with Crippen molar-refractivity contribution in [3.8, 4) is 11.5 Å². The highest BCUT2D eigenvalue weighted by atomic mass is 35.5. The SMILES string of the molecule is O=C(Cc1ccc(Cl)cc1Cl)N1CCN(C(=O)c2ccc3c(c2)OCO3)CC1. The fourth-order valence-electron chi connectivity index (χ4n) is 3.31. The third kappa shape index (κ3) is 3.88. The number of halogens is 2. The van der Waals surface area contributed by atoms with Crippen molar-refractivity contribution >= 4 is 35.0 Å². The number of carbonyl (C=O) groups excluding carboxylic acids is 2. The molecule has 1 fully saturated rings. The van der Waals surface area contributed by atoms with E-state index >= 15 is 0 Å². The second-order valence-electron chi connectivity index (χ2n) is 6.65. The summed E-state index contributed by atoms with van der Waals surface area (Å²) in [6, 6.07) is 10.3.